The molecule has 1 saturated heterocycles. The number of pyridine rings is 1. The average molecular weight is 907 g/mol. The van der Waals surface area contributed by atoms with Gasteiger partial charge in [0.1, 0.15) is 46.8 Å². The first kappa shape index (κ1) is 45.3. The summed E-state index contributed by atoms with van der Waals surface area (Å²) in [6, 6.07) is 11.9. The van der Waals surface area contributed by atoms with Crippen LogP contribution in [0.25, 0.3) is 22.3 Å². The first-order chi connectivity index (χ1) is 29.4. The minimum absolute atomic E-state index is 0.0332. The van der Waals surface area contributed by atoms with E-state index in [9.17, 15) is 23.8 Å². The van der Waals surface area contributed by atoms with Gasteiger partial charge in [-0.05, 0) is 81.2 Å². The Morgan fingerprint density at radius 1 is 1.10 bits per heavy atom. The van der Waals surface area contributed by atoms with Gasteiger partial charge in [0.05, 0.1) is 31.0 Å². The van der Waals surface area contributed by atoms with Gasteiger partial charge in [0.2, 0.25) is 19.2 Å². The van der Waals surface area contributed by atoms with Crippen LogP contribution in [0, 0.1) is 11.3 Å². The zero-order valence-electron chi connectivity index (χ0n) is 36.0. The van der Waals surface area contributed by atoms with Gasteiger partial charge >= 0.3 is 6.09 Å². The molecule has 0 spiro atoms. The van der Waals surface area contributed by atoms with Gasteiger partial charge in [-0.1, -0.05) is 50.6 Å². The van der Waals surface area contributed by atoms with E-state index in [0.29, 0.717) is 44.4 Å². The fourth-order valence-electron chi connectivity index (χ4n) is 8.42. The van der Waals surface area contributed by atoms with Crippen LogP contribution in [-0.4, -0.2) is 86.9 Å². The molecule has 6 atom stereocenters. The fraction of sp³-hybridized carbons (Fsp3) is 0.489. The molecular weight excluding hydrogens is 851 g/mol. The standard InChI is InChI=1S/C45H56ClN6O8PS/c1-8-28-22-45(28,61(56,57)24-27-12-11-13-29(46)18-27)51-40(53)37-20-32(23-52(37)41(54)39(44(4,5)6)50-43(55)60-30-14-9-10-15-30)59-38-21-35(36-25-62-42(49-36)47-26(2)3)48-34-19-31(58-7)16-17-33(34)38/h8,11-13,16-19,21,25-26,28,30,32,37,39H,1,9-10,14-15,20,22-24H2,2-7H3,(H,47,49)(H,50,55)(H,51,53)(H,56,57)/t28-,32-,37+,39-,45+/m1/s1. The van der Waals surface area contributed by atoms with Crippen molar-refractivity contribution < 1.29 is 38.1 Å². The summed E-state index contributed by atoms with van der Waals surface area (Å²) in [6.07, 6.45) is 3.34. The Labute approximate surface area is 371 Å². The van der Waals surface area contributed by atoms with Gasteiger partial charge in [-0.3, -0.25) is 14.2 Å². The van der Waals surface area contributed by atoms with E-state index in [0.717, 1.165) is 30.8 Å². The average Bonchev–Trinajstić information content (AvgIpc) is 3.60. The summed E-state index contributed by atoms with van der Waals surface area (Å²) in [5, 5.41) is 11.3. The molecule has 3 amide bonds. The van der Waals surface area contributed by atoms with E-state index >= 15 is 0 Å². The van der Waals surface area contributed by atoms with E-state index in [1.54, 1.807) is 55.7 Å². The van der Waals surface area contributed by atoms with E-state index in [4.69, 9.17) is 35.8 Å². The Morgan fingerprint density at radius 2 is 1.85 bits per heavy atom. The number of amides is 3. The van der Waals surface area contributed by atoms with Crippen LogP contribution in [0.1, 0.15) is 78.7 Å². The summed E-state index contributed by atoms with van der Waals surface area (Å²) in [6.45, 7) is 13.4. The molecule has 2 saturated carbocycles. The van der Waals surface area contributed by atoms with Crippen LogP contribution in [0.2, 0.25) is 5.02 Å². The molecule has 2 aromatic heterocycles. The Hall–Kier alpha value is -4.69. The Kier molecular flexibility index (Phi) is 13.3. The number of hydrogen-bond donors (Lipinski definition) is 4. The lowest BCUT2D eigenvalue weighted by Crippen LogP contribution is -2.58. The molecular formula is C45H56ClN6O8PS. The smallest absolute Gasteiger partial charge is 0.408 e. The molecule has 62 heavy (non-hydrogen) atoms. The van der Waals surface area contributed by atoms with Crippen LogP contribution < -0.4 is 25.4 Å². The number of likely N-dealkylation sites (tertiary alicyclic amines) is 1. The highest BCUT2D eigenvalue weighted by atomic mass is 35.5. The summed E-state index contributed by atoms with van der Waals surface area (Å²) >= 11 is 7.68. The lowest BCUT2D eigenvalue weighted by atomic mass is 9.85. The number of benzene rings is 2. The molecule has 17 heteroatoms. The van der Waals surface area contributed by atoms with Gasteiger partial charge in [0.25, 0.3) is 0 Å². The summed E-state index contributed by atoms with van der Waals surface area (Å²) in [7, 11) is -2.58. The number of thiazole rings is 1. The van der Waals surface area contributed by atoms with Crippen LogP contribution >= 0.6 is 30.3 Å². The van der Waals surface area contributed by atoms with E-state index in [-0.39, 0.29) is 37.7 Å². The highest BCUT2D eigenvalue weighted by Crippen LogP contribution is 2.71. The molecule has 4 N–H and O–H groups in total. The Balaban J connectivity index is 1.22. The number of carbonyl (C=O) groups is 3. The Morgan fingerprint density at radius 3 is 2.52 bits per heavy atom. The number of fused-ring (bicyclic) bond motifs is 1. The van der Waals surface area contributed by atoms with E-state index in [2.05, 4.69) is 22.5 Å². The molecule has 7 rings (SSSR count). The molecule has 332 valence electrons. The highest BCUT2D eigenvalue weighted by molar-refractivity contribution is 7.59. The zero-order valence-corrected chi connectivity index (χ0v) is 38.4. The maximum Gasteiger partial charge on any atom is 0.408 e. The van der Waals surface area contributed by atoms with E-state index in [1.165, 1.54) is 16.2 Å². The molecule has 2 aliphatic carbocycles. The molecule has 14 nitrogen and oxygen atoms in total. The SMILES string of the molecule is C=C[C@@H]1C[C@]1(NC(=O)[C@@H]1C[C@@H](Oc2cc(-c3csc(NC(C)C)n3)nc3cc(OC)ccc23)CN1C(=O)[C@@H](NC(=O)OC1CCCC1)C(C)(C)C)P(=O)(O)Cc1cccc(Cl)c1. The third-order valence-electron chi connectivity index (χ3n) is 11.8. The van der Waals surface area contributed by atoms with Crippen LogP contribution in [0.15, 0.2) is 66.6 Å². The largest absolute Gasteiger partial charge is 0.497 e. The molecule has 1 unspecified atom stereocenters. The minimum atomic E-state index is -4.16. The van der Waals surface area contributed by atoms with Crippen molar-refractivity contribution in [3.05, 3.63) is 77.2 Å². The molecule has 3 fully saturated rings. The number of ether oxygens (including phenoxy) is 3. The van der Waals surface area contributed by atoms with Crippen molar-refractivity contribution in [3.8, 4) is 22.9 Å². The second-order valence-corrected chi connectivity index (χ2v) is 21.7. The number of nitrogens with zero attached hydrogens (tertiary/aromatic N) is 3. The normalized spacial score (nSPS) is 22.8. The topological polar surface area (TPSA) is 181 Å². The lowest BCUT2D eigenvalue weighted by Gasteiger charge is -2.36. The van der Waals surface area contributed by atoms with Crippen LogP contribution in [0.4, 0.5) is 9.93 Å². The van der Waals surface area contributed by atoms with Gasteiger partial charge < -0.3 is 40.0 Å². The molecule has 3 heterocycles. The van der Waals surface area contributed by atoms with Crippen LogP contribution in [0.3, 0.4) is 0 Å². The van der Waals surface area contributed by atoms with Crippen molar-refractivity contribution in [2.24, 2.45) is 11.3 Å². The quantitative estimate of drug-likeness (QED) is 0.0662. The first-order valence-corrected chi connectivity index (χ1v) is 24.2. The van der Waals surface area contributed by atoms with Crippen molar-refractivity contribution in [1.82, 2.24) is 25.5 Å². The number of halogens is 1. The number of alkyl carbamates (subject to hydrolysis) is 1. The summed E-state index contributed by atoms with van der Waals surface area (Å²) in [5.41, 5.74) is 1.52. The summed E-state index contributed by atoms with van der Waals surface area (Å²) in [4.78, 5) is 65.8. The molecule has 0 bridgehead atoms. The monoisotopic (exact) mass is 906 g/mol. The number of aromatic nitrogens is 2. The van der Waals surface area contributed by atoms with Crippen molar-refractivity contribution in [2.45, 2.75) is 115 Å². The second kappa shape index (κ2) is 18.2. The lowest BCUT2D eigenvalue weighted by molar-refractivity contribution is -0.142. The van der Waals surface area contributed by atoms with Crippen molar-refractivity contribution in [2.75, 3.05) is 19.0 Å². The van der Waals surface area contributed by atoms with Crippen molar-refractivity contribution in [1.29, 1.82) is 0 Å². The summed E-state index contributed by atoms with van der Waals surface area (Å²) in [5.74, 6) is -0.573. The number of nitrogens with one attached hydrogen (secondary N) is 3. The van der Waals surface area contributed by atoms with E-state index in [1.807, 2.05) is 46.1 Å². The predicted octanol–water partition coefficient (Wildman–Crippen LogP) is 8.76. The zero-order chi connectivity index (χ0) is 44.6. The first-order valence-electron chi connectivity index (χ1n) is 21.1. The van der Waals surface area contributed by atoms with Gasteiger partial charge in [-0.15, -0.1) is 17.9 Å². The number of carbonyl (C=O) groups excluding carboxylic acids is 3. The predicted molar refractivity (Wildman–Crippen MR) is 242 cm³/mol. The Bertz CT molecular complexity index is 2380. The van der Waals surface area contributed by atoms with Gasteiger partial charge in [-0.25, -0.2) is 14.8 Å². The number of hydrogen-bond acceptors (Lipinski definition) is 11. The van der Waals surface area contributed by atoms with Crippen LogP contribution in [0.5, 0.6) is 11.5 Å². The summed E-state index contributed by atoms with van der Waals surface area (Å²) < 4.78 is 32.4. The fourth-order valence-corrected chi connectivity index (χ4v) is 11.9. The maximum absolute atomic E-state index is 14.9. The second-order valence-electron chi connectivity index (χ2n) is 17.9. The molecule has 1 aliphatic heterocycles. The third kappa shape index (κ3) is 9.91. The molecule has 3 aliphatic rings. The van der Waals surface area contributed by atoms with Crippen molar-refractivity contribution >= 4 is 64.2 Å². The number of anilines is 1. The molecule has 4 aromatic rings. The van der Waals surface area contributed by atoms with E-state index < -0.39 is 60.1 Å². The van der Waals surface area contributed by atoms with Gasteiger partial charge in [0, 0.05) is 46.3 Å². The van der Waals surface area contributed by atoms with Gasteiger partial charge in [0.15, 0.2) is 5.13 Å². The highest BCUT2D eigenvalue weighted by Gasteiger charge is 2.65. The van der Waals surface area contributed by atoms with Gasteiger partial charge in [-0.2, -0.15) is 0 Å². The minimum Gasteiger partial charge on any atom is -0.497 e. The third-order valence-corrected chi connectivity index (χ3v) is 15.4. The molecule has 2 aromatic carbocycles. The maximum atomic E-state index is 14.9. The van der Waals surface area contributed by atoms with Crippen molar-refractivity contribution in [3.63, 3.8) is 0 Å². The van der Waals surface area contributed by atoms with Crippen LogP contribution in [-0.2, 0) is 25.1 Å². The molecule has 0 radical (unpaired) electrons. The number of rotatable bonds is 15. The number of methoxy groups -OCH3 is 1.